The number of carbonyl (C=O) groups excluding carboxylic acids is 1. The summed E-state index contributed by atoms with van der Waals surface area (Å²) in [6, 6.07) is 5.52. The fraction of sp³-hybridized carbons (Fsp3) is 0.500. The maximum atomic E-state index is 12.8. The largest absolute Gasteiger partial charge is 0.305 e. The van der Waals surface area contributed by atoms with E-state index in [9.17, 15) is 13.2 Å². The molecule has 2 heterocycles. The van der Waals surface area contributed by atoms with Crippen molar-refractivity contribution in [2.24, 2.45) is 4.99 Å². The third-order valence-electron chi connectivity index (χ3n) is 4.94. The van der Waals surface area contributed by atoms with Gasteiger partial charge < -0.3 is 4.57 Å². The van der Waals surface area contributed by atoms with E-state index in [1.54, 1.807) is 0 Å². The number of aryl methyl sites for hydroxylation is 1. The molecule has 0 aliphatic carbocycles. The number of terminal acetylenes is 1. The molecule has 0 N–H and O–H groups in total. The standard InChI is InChI=1S/C20H25N3O3S2/c1-4-6-8-15-10-11-16-18(14-15)27-20(22(16)12-5-2)21-19(24)17-9-7-13-23(17)28(3,25)26/h2,10-11,14,17H,4,6-9,12-13H2,1,3H3. The van der Waals surface area contributed by atoms with Gasteiger partial charge in [0.25, 0.3) is 5.91 Å². The first kappa shape index (κ1) is 20.8. The number of nitrogens with zero attached hydrogens (tertiary/aromatic N) is 3. The van der Waals surface area contributed by atoms with E-state index < -0.39 is 22.0 Å². The molecule has 1 aliphatic rings. The average Bonchev–Trinajstić information content (AvgIpc) is 3.25. The molecule has 8 heteroatoms. The third kappa shape index (κ3) is 4.37. The lowest BCUT2D eigenvalue weighted by atomic mass is 10.1. The Morgan fingerprint density at radius 3 is 2.89 bits per heavy atom. The number of sulfonamides is 1. The predicted octanol–water partition coefficient (Wildman–Crippen LogP) is 2.53. The van der Waals surface area contributed by atoms with E-state index in [2.05, 4.69) is 30.0 Å². The van der Waals surface area contributed by atoms with Crippen LogP contribution in [0.3, 0.4) is 0 Å². The van der Waals surface area contributed by atoms with Crippen molar-refractivity contribution in [3.05, 3.63) is 28.6 Å². The van der Waals surface area contributed by atoms with Gasteiger partial charge in [-0.15, -0.1) is 6.42 Å². The van der Waals surface area contributed by atoms with Crippen LogP contribution in [0.2, 0.25) is 0 Å². The topological polar surface area (TPSA) is 71.7 Å². The second kappa shape index (κ2) is 8.60. The first-order chi connectivity index (χ1) is 13.3. The number of benzene rings is 1. The first-order valence-electron chi connectivity index (χ1n) is 9.46. The van der Waals surface area contributed by atoms with Crippen molar-refractivity contribution < 1.29 is 13.2 Å². The summed E-state index contributed by atoms with van der Waals surface area (Å²) < 4.78 is 28.0. The lowest BCUT2D eigenvalue weighted by Gasteiger charge is -2.18. The number of hydrogen-bond acceptors (Lipinski definition) is 4. The Hall–Kier alpha value is -1.95. The summed E-state index contributed by atoms with van der Waals surface area (Å²) in [5.74, 6) is 2.19. The molecule has 1 aliphatic heterocycles. The van der Waals surface area contributed by atoms with Gasteiger partial charge in [0.15, 0.2) is 4.80 Å². The van der Waals surface area contributed by atoms with Crippen LogP contribution in [0.1, 0.15) is 38.2 Å². The van der Waals surface area contributed by atoms with Crippen molar-refractivity contribution in [1.29, 1.82) is 0 Å². The highest BCUT2D eigenvalue weighted by molar-refractivity contribution is 7.88. The highest BCUT2D eigenvalue weighted by Gasteiger charge is 2.36. The summed E-state index contributed by atoms with van der Waals surface area (Å²) in [4.78, 5) is 17.6. The van der Waals surface area contributed by atoms with Crippen molar-refractivity contribution in [2.75, 3.05) is 12.8 Å². The normalized spacial score (nSPS) is 18.6. The van der Waals surface area contributed by atoms with E-state index in [0.29, 0.717) is 30.7 Å². The maximum absolute atomic E-state index is 12.8. The summed E-state index contributed by atoms with van der Waals surface area (Å²) in [6.45, 7) is 2.83. The van der Waals surface area contributed by atoms with Gasteiger partial charge in [-0.1, -0.05) is 36.7 Å². The zero-order valence-corrected chi connectivity index (χ0v) is 17.9. The Bertz CT molecular complexity index is 1090. The second-order valence-electron chi connectivity index (χ2n) is 7.06. The molecule has 1 aromatic heterocycles. The van der Waals surface area contributed by atoms with Crippen molar-refractivity contribution in [3.63, 3.8) is 0 Å². The Morgan fingerprint density at radius 2 is 2.21 bits per heavy atom. The molecule has 1 amide bonds. The van der Waals surface area contributed by atoms with Crippen LogP contribution >= 0.6 is 11.3 Å². The fourth-order valence-electron chi connectivity index (χ4n) is 3.54. The second-order valence-corrected chi connectivity index (χ2v) is 10.0. The molecule has 1 atom stereocenters. The summed E-state index contributed by atoms with van der Waals surface area (Å²) in [5.41, 5.74) is 2.20. The molecule has 1 unspecified atom stereocenters. The van der Waals surface area contributed by atoms with Gasteiger partial charge in [0.05, 0.1) is 23.0 Å². The molecule has 0 saturated carbocycles. The van der Waals surface area contributed by atoms with Gasteiger partial charge in [-0.2, -0.15) is 9.30 Å². The van der Waals surface area contributed by atoms with Crippen molar-refractivity contribution in [2.45, 2.75) is 51.6 Å². The molecule has 0 spiro atoms. The van der Waals surface area contributed by atoms with Crippen LogP contribution in [0.4, 0.5) is 0 Å². The molecule has 3 rings (SSSR count). The zero-order valence-electron chi connectivity index (χ0n) is 16.2. The number of amides is 1. The third-order valence-corrected chi connectivity index (χ3v) is 7.27. The van der Waals surface area contributed by atoms with E-state index in [4.69, 9.17) is 6.42 Å². The van der Waals surface area contributed by atoms with Gasteiger partial charge in [-0.25, -0.2) is 8.42 Å². The van der Waals surface area contributed by atoms with E-state index in [0.717, 1.165) is 35.7 Å². The number of thiazole rings is 1. The zero-order chi connectivity index (χ0) is 20.3. The molecule has 0 bridgehead atoms. The molecule has 2 aromatic rings. The number of carbonyl (C=O) groups is 1. The Balaban J connectivity index is 2.02. The summed E-state index contributed by atoms with van der Waals surface area (Å²) in [5, 5.41) is 0. The van der Waals surface area contributed by atoms with Gasteiger partial charge >= 0.3 is 0 Å². The number of rotatable bonds is 6. The summed E-state index contributed by atoms with van der Waals surface area (Å²) >= 11 is 1.42. The lowest BCUT2D eigenvalue weighted by molar-refractivity contribution is -0.121. The maximum Gasteiger partial charge on any atom is 0.266 e. The number of unbranched alkanes of at least 4 members (excludes halogenated alkanes) is 1. The van der Waals surface area contributed by atoms with Gasteiger partial charge in [0, 0.05) is 6.54 Å². The molecular weight excluding hydrogens is 394 g/mol. The molecule has 6 nitrogen and oxygen atoms in total. The van der Waals surface area contributed by atoms with E-state index in [1.165, 1.54) is 21.2 Å². The molecule has 0 radical (unpaired) electrons. The summed E-state index contributed by atoms with van der Waals surface area (Å²) in [7, 11) is -3.43. The SMILES string of the molecule is C#CCn1c(=NC(=O)C2CCCN2S(C)(=O)=O)sc2cc(CCCC)ccc21. The van der Waals surface area contributed by atoms with Gasteiger partial charge in [0.1, 0.15) is 6.04 Å². The van der Waals surface area contributed by atoms with Crippen LogP contribution in [-0.4, -0.2) is 42.0 Å². The van der Waals surface area contributed by atoms with Crippen LogP contribution < -0.4 is 4.80 Å². The lowest BCUT2D eigenvalue weighted by Crippen LogP contribution is -2.39. The van der Waals surface area contributed by atoms with Gasteiger partial charge in [-0.05, 0) is 43.4 Å². The quantitative estimate of drug-likeness (QED) is 0.676. The Kier molecular flexibility index (Phi) is 6.38. The van der Waals surface area contributed by atoms with Crippen molar-refractivity contribution in [3.8, 4) is 12.3 Å². The number of hydrogen-bond donors (Lipinski definition) is 0. The molecular formula is C20H25N3O3S2. The van der Waals surface area contributed by atoms with Crippen LogP contribution in [0.15, 0.2) is 23.2 Å². The Morgan fingerprint density at radius 1 is 1.43 bits per heavy atom. The average molecular weight is 420 g/mol. The van der Waals surface area contributed by atoms with Crippen molar-refractivity contribution in [1.82, 2.24) is 8.87 Å². The minimum atomic E-state index is -3.43. The van der Waals surface area contributed by atoms with Gasteiger partial charge in [0.2, 0.25) is 10.0 Å². The fourth-order valence-corrected chi connectivity index (χ4v) is 5.75. The van der Waals surface area contributed by atoms with E-state index in [1.807, 2.05) is 10.6 Å². The van der Waals surface area contributed by atoms with Crippen LogP contribution in [0.25, 0.3) is 10.2 Å². The van der Waals surface area contributed by atoms with Crippen LogP contribution in [0, 0.1) is 12.3 Å². The number of fused-ring (bicyclic) bond motifs is 1. The van der Waals surface area contributed by atoms with Crippen LogP contribution in [-0.2, 0) is 27.8 Å². The molecule has 28 heavy (non-hydrogen) atoms. The van der Waals surface area contributed by atoms with Crippen molar-refractivity contribution >= 4 is 37.5 Å². The summed E-state index contributed by atoms with van der Waals surface area (Å²) in [6.07, 6.45) is 11.1. The number of aromatic nitrogens is 1. The van der Waals surface area contributed by atoms with Gasteiger partial charge in [-0.3, -0.25) is 4.79 Å². The minimum Gasteiger partial charge on any atom is -0.305 e. The van der Waals surface area contributed by atoms with E-state index >= 15 is 0 Å². The minimum absolute atomic E-state index is 0.306. The highest BCUT2D eigenvalue weighted by atomic mass is 32.2. The molecule has 1 fully saturated rings. The van der Waals surface area contributed by atoms with E-state index in [-0.39, 0.29) is 0 Å². The first-order valence-corrected chi connectivity index (χ1v) is 12.1. The molecule has 1 aromatic carbocycles. The molecule has 1 saturated heterocycles. The predicted molar refractivity (Wildman–Crippen MR) is 112 cm³/mol. The monoisotopic (exact) mass is 419 g/mol. The highest BCUT2D eigenvalue weighted by Crippen LogP contribution is 2.23. The molecule has 150 valence electrons. The smallest absolute Gasteiger partial charge is 0.266 e. The van der Waals surface area contributed by atoms with Crippen LogP contribution in [0.5, 0.6) is 0 Å². The Labute approximate surface area is 169 Å².